The average Bonchev–Trinajstić information content (AvgIpc) is 2.41. The molecule has 18 heavy (non-hydrogen) atoms. The fraction of sp³-hybridized carbons (Fsp3) is 0.538. The van der Waals surface area contributed by atoms with Crippen molar-refractivity contribution >= 4 is 23.4 Å². The number of thioether (sulfide) groups is 1. The number of pyridine rings is 1. The van der Waals surface area contributed by atoms with E-state index in [0.29, 0.717) is 17.8 Å². The van der Waals surface area contributed by atoms with Crippen molar-refractivity contribution in [2.24, 2.45) is 0 Å². The molecular formula is C13H21N3OS. The van der Waals surface area contributed by atoms with Gasteiger partial charge in [0.1, 0.15) is 0 Å². The zero-order valence-electron chi connectivity index (χ0n) is 11.2. The zero-order chi connectivity index (χ0) is 13.6. The predicted octanol–water partition coefficient (Wildman–Crippen LogP) is 2.32. The molecule has 0 atom stereocenters. The van der Waals surface area contributed by atoms with Gasteiger partial charge in [-0.15, -0.1) is 0 Å². The molecule has 1 heterocycles. The maximum atomic E-state index is 12.0. The number of rotatable bonds is 6. The molecule has 0 unspecified atom stereocenters. The molecular weight excluding hydrogens is 246 g/mol. The SMILES string of the molecule is CCC(CC)(CNC(=O)c1ccncc1N)SC. The van der Waals surface area contributed by atoms with Crippen LogP contribution in [0.5, 0.6) is 0 Å². The molecule has 0 aromatic carbocycles. The van der Waals surface area contributed by atoms with Crippen LogP contribution in [-0.2, 0) is 0 Å². The first-order valence-corrected chi connectivity index (χ1v) is 7.34. The Morgan fingerprint density at radius 2 is 2.17 bits per heavy atom. The minimum atomic E-state index is -0.129. The van der Waals surface area contributed by atoms with Crippen LogP contribution in [0.15, 0.2) is 18.5 Å². The minimum Gasteiger partial charge on any atom is -0.397 e. The quantitative estimate of drug-likeness (QED) is 0.830. The second-order valence-electron chi connectivity index (χ2n) is 4.24. The molecule has 0 radical (unpaired) electrons. The molecule has 0 spiro atoms. The van der Waals surface area contributed by atoms with Crippen LogP contribution in [-0.4, -0.2) is 28.4 Å². The molecule has 100 valence electrons. The molecule has 1 rings (SSSR count). The smallest absolute Gasteiger partial charge is 0.253 e. The number of amides is 1. The fourth-order valence-electron chi connectivity index (χ4n) is 1.81. The van der Waals surface area contributed by atoms with Crippen LogP contribution in [0.4, 0.5) is 5.69 Å². The number of hydrogen-bond donors (Lipinski definition) is 2. The van der Waals surface area contributed by atoms with Gasteiger partial charge in [0.05, 0.1) is 17.4 Å². The standard InChI is InChI=1S/C13H21N3OS/c1-4-13(5-2,18-3)9-16-12(17)10-6-7-15-8-11(10)14/h6-8H,4-5,9,14H2,1-3H3,(H,16,17). The number of nitrogens with one attached hydrogen (secondary N) is 1. The van der Waals surface area contributed by atoms with E-state index < -0.39 is 0 Å². The van der Waals surface area contributed by atoms with Gasteiger partial charge in [0.2, 0.25) is 0 Å². The maximum absolute atomic E-state index is 12.0. The first-order valence-electron chi connectivity index (χ1n) is 6.11. The van der Waals surface area contributed by atoms with E-state index in [1.807, 2.05) is 0 Å². The first kappa shape index (κ1) is 14.8. The highest BCUT2D eigenvalue weighted by molar-refractivity contribution is 8.00. The van der Waals surface area contributed by atoms with E-state index >= 15 is 0 Å². The van der Waals surface area contributed by atoms with Crippen LogP contribution >= 0.6 is 11.8 Å². The lowest BCUT2D eigenvalue weighted by atomic mass is 10.0. The molecule has 1 amide bonds. The molecule has 5 heteroatoms. The van der Waals surface area contributed by atoms with Crippen molar-refractivity contribution in [2.75, 3.05) is 18.5 Å². The van der Waals surface area contributed by atoms with Crippen molar-refractivity contribution in [2.45, 2.75) is 31.4 Å². The Hall–Kier alpha value is -1.23. The van der Waals surface area contributed by atoms with Crippen LogP contribution in [0.25, 0.3) is 0 Å². The molecule has 1 aromatic rings. The molecule has 0 aliphatic rings. The Bertz CT molecular complexity index is 397. The van der Waals surface area contributed by atoms with E-state index in [1.54, 1.807) is 24.0 Å². The Morgan fingerprint density at radius 1 is 1.50 bits per heavy atom. The highest BCUT2D eigenvalue weighted by Gasteiger charge is 2.25. The van der Waals surface area contributed by atoms with Gasteiger partial charge in [-0.3, -0.25) is 9.78 Å². The van der Waals surface area contributed by atoms with Crippen molar-refractivity contribution in [1.82, 2.24) is 10.3 Å². The normalized spacial score (nSPS) is 11.3. The van der Waals surface area contributed by atoms with E-state index in [2.05, 4.69) is 30.4 Å². The number of carbonyl (C=O) groups excluding carboxylic acids is 1. The van der Waals surface area contributed by atoms with Crippen LogP contribution in [0.2, 0.25) is 0 Å². The molecule has 0 bridgehead atoms. The van der Waals surface area contributed by atoms with Crippen molar-refractivity contribution in [3.05, 3.63) is 24.0 Å². The third-order valence-electron chi connectivity index (χ3n) is 3.39. The topological polar surface area (TPSA) is 68.0 Å². The maximum Gasteiger partial charge on any atom is 0.253 e. The van der Waals surface area contributed by atoms with Gasteiger partial charge in [-0.05, 0) is 25.2 Å². The van der Waals surface area contributed by atoms with Gasteiger partial charge in [0, 0.05) is 17.5 Å². The monoisotopic (exact) mass is 267 g/mol. The van der Waals surface area contributed by atoms with Gasteiger partial charge in [-0.1, -0.05) is 13.8 Å². The first-order chi connectivity index (χ1) is 8.58. The summed E-state index contributed by atoms with van der Waals surface area (Å²) in [6.07, 6.45) is 7.20. The van der Waals surface area contributed by atoms with Gasteiger partial charge in [0.25, 0.3) is 5.91 Å². The molecule has 3 N–H and O–H groups in total. The molecule has 1 aromatic heterocycles. The van der Waals surface area contributed by atoms with E-state index in [1.165, 1.54) is 6.20 Å². The van der Waals surface area contributed by atoms with Crippen LogP contribution in [0.1, 0.15) is 37.0 Å². The van der Waals surface area contributed by atoms with E-state index in [9.17, 15) is 4.79 Å². The van der Waals surface area contributed by atoms with E-state index in [0.717, 1.165) is 12.8 Å². The number of carbonyl (C=O) groups is 1. The number of anilines is 1. The lowest BCUT2D eigenvalue weighted by molar-refractivity contribution is 0.0949. The van der Waals surface area contributed by atoms with Crippen molar-refractivity contribution in [3.8, 4) is 0 Å². The summed E-state index contributed by atoms with van der Waals surface area (Å²) in [6, 6.07) is 1.64. The number of nitrogens with two attached hydrogens (primary N) is 1. The second kappa shape index (κ2) is 6.64. The Labute approximate surface area is 113 Å². The Balaban J connectivity index is 2.69. The Kier molecular flexibility index (Phi) is 5.47. The number of nitrogens with zero attached hydrogens (tertiary/aromatic N) is 1. The summed E-state index contributed by atoms with van der Waals surface area (Å²) in [4.78, 5) is 15.9. The van der Waals surface area contributed by atoms with Crippen molar-refractivity contribution in [3.63, 3.8) is 0 Å². The van der Waals surface area contributed by atoms with Crippen LogP contribution in [0.3, 0.4) is 0 Å². The molecule has 0 aliphatic carbocycles. The van der Waals surface area contributed by atoms with Crippen molar-refractivity contribution < 1.29 is 4.79 Å². The summed E-state index contributed by atoms with van der Waals surface area (Å²) in [6.45, 7) is 4.95. The molecule has 0 aliphatic heterocycles. The molecule has 0 saturated heterocycles. The third-order valence-corrected chi connectivity index (χ3v) is 4.98. The Morgan fingerprint density at radius 3 is 2.67 bits per heavy atom. The summed E-state index contributed by atoms with van der Waals surface area (Å²) in [5, 5.41) is 2.97. The number of aromatic nitrogens is 1. The summed E-state index contributed by atoms with van der Waals surface area (Å²) in [5.74, 6) is -0.129. The lowest BCUT2D eigenvalue weighted by Gasteiger charge is -2.29. The number of nitrogen functional groups attached to an aromatic ring is 1. The van der Waals surface area contributed by atoms with Crippen LogP contribution in [0, 0.1) is 0 Å². The van der Waals surface area contributed by atoms with E-state index in [4.69, 9.17) is 5.73 Å². The fourth-order valence-corrected chi connectivity index (χ4v) is 2.60. The van der Waals surface area contributed by atoms with Gasteiger partial charge in [-0.25, -0.2) is 0 Å². The third kappa shape index (κ3) is 3.38. The van der Waals surface area contributed by atoms with Crippen molar-refractivity contribution in [1.29, 1.82) is 0 Å². The van der Waals surface area contributed by atoms with Gasteiger partial charge in [0.15, 0.2) is 0 Å². The lowest BCUT2D eigenvalue weighted by Crippen LogP contribution is -2.39. The number of hydrogen-bond acceptors (Lipinski definition) is 4. The average molecular weight is 267 g/mol. The zero-order valence-corrected chi connectivity index (χ0v) is 12.0. The minimum absolute atomic E-state index is 0.109. The molecule has 0 fully saturated rings. The molecule has 0 saturated carbocycles. The van der Waals surface area contributed by atoms with Gasteiger partial charge < -0.3 is 11.1 Å². The highest BCUT2D eigenvalue weighted by Crippen LogP contribution is 2.29. The van der Waals surface area contributed by atoms with Gasteiger partial charge in [-0.2, -0.15) is 11.8 Å². The predicted molar refractivity (Wildman–Crippen MR) is 77.8 cm³/mol. The summed E-state index contributed by atoms with van der Waals surface area (Å²) < 4.78 is 0.109. The molecule has 4 nitrogen and oxygen atoms in total. The highest BCUT2D eigenvalue weighted by atomic mass is 32.2. The summed E-state index contributed by atoms with van der Waals surface area (Å²) >= 11 is 1.80. The second-order valence-corrected chi connectivity index (χ2v) is 5.51. The van der Waals surface area contributed by atoms with Gasteiger partial charge >= 0.3 is 0 Å². The summed E-state index contributed by atoms with van der Waals surface area (Å²) in [5.41, 5.74) is 6.64. The van der Waals surface area contributed by atoms with Crippen LogP contribution < -0.4 is 11.1 Å². The summed E-state index contributed by atoms with van der Waals surface area (Å²) in [7, 11) is 0. The largest absolute Gasteiger partial charge is 0.397 e. The van der Waals surface area contributed by atoms with E-state index in [-0.39, 0.29) is 10.7 Å².